The lowest BCUT2D eigenvalue weighted by Crippen LogP contribution is -1.99. The van der Waals surface area contributed by atoms with Crippen LogP contribution in [-0.4, -0.2) is 16.6 Å². The third-order valence-electron chi connectivity index (χ3n) is 3.05. The van der Waals surface area contributed by atoms with Gasteiger partial charge in [0.1, 0.15) is 4.60 Å². The first kappa shape index (κ1) is 12.8. The largest absolute Gasteiger partial charge is 0.477 e. The van der Waals surface area contributed by atoms with Crippen LogP contribution in [0.4, 0.5) is 0 Å². The van der Waals surface area contributed by atoms with Gasteiger partial charge in [-0.1, -0.05) is 38.5 Å². The summed E-state index contributed by atoms with van der Waals surface area (Å²) in [6, 6.07) is 0. The minimum atomic E-state index is 0.617. The Morgan fingerprint density at radius 3 is 2.65 bits per heavy atom. The Morgan fingerprint density at radius 1 is 1.12 bits per heavy atom. The number of hydrogen-bond donors (Lipinski definition) is 0. The molecule has 1 fully saturated rings. The molecule has 0 radical (unpaired) electrons. The molecule has 1 aromatic heterocycles. The summed E-state index contributed by atoms with van der Waals surface area (Å²) in [6.07, 6.45) is 12.8. The van der Waals surface area contributed by atoms with Crippen LogP contribution < -0.4 is 4.74 Å². The van der Waals surface area contributed by atoms with E-state index in [0.29, 0.717) is 5.88 Å². The first-order valence-electron chi connectivity index (χ1n) is 6.45. The molecule has 0 bridgehead atoms. The van der Waals surface area contributed by atoms with Crippen LogP contribution in [0.15, 0.2) is 17.0 Å². The van der Waals surface area contributed by atoms with Crippen molar-refractivity contribution in [2.24, 2.45) is 5.92 Å². The van der Waals surface area contributed by atoms with Crippen LogP contribution >= 0.6 is 15.9 Å². The highest BCUT2D eigenvalue weighted by atomic mass is 79.9. The molecule has 0 spiro atoms. The van der Waals surface area contributed by atoms with Crippen molar-refractivity contribution in [3.05, 3.63) is 17.0 Å². The van der Waals surface area contributed by atoms with Crippen molar-refractivity contribution < 1.29 is 4.74 Å². The zero-order valence-corrected chi connectivity index (χ0v) is 11.7. The highest BCUT2D eigenvalue weighted by Gasteiger charge is 2.19. The highest BCUT2D eigenvalue weighted by Crippen LogP contribution is 2.34. The zero-order valence-electron chi connectivity index (χ0n) is 10.1. The molecule has 4 heteroatoms. The molecule has 0 atom stereocenters. The Balaban J connectivity index is 1.46. The topological polar surface area (TPSA) is 35.0 Å². The molecule has 17 heavy (non-hydrogen) atoms. The molecule has 0 N–H and O–H groups in total. The summed E-state index contributed by atoms with van der Waals surface area (Å²) >= 11 is 3.24. The van der Waals surface area contributed by atoms with E-state index in [2.05, 4.69) is 25.9 Å². The second-order valence-corrected chi connectivity index (χ2v) is 5.48. The average molecular weight is 299 g/mol. The van der Waals surface area contributed by atoms with Gasteiger partial charge in [-0.3, -0.25) is 0 Å². The van der Waals surface area contributed by atoms with Gasteiger partial charge in [0, 0.05) is 0 Å². The van der Waals surface area contributed by atoms with Gasteiger partial charge in [-0.05, 0) is 28.3 Å². The molecule has 3 nitrogen and oxygen atoms in total. The standard InChI is InChI=1S/C13H19BrN2O/c14-12-9-16-13(10-15-12)17-8-4-2-1-3-5-11-6-7-11/h9-11H,1-8H2. The Labute approximate surface area is 111 Å². The molecular formula is C13H19BrN2O. The first-order chi connectivity index (χ1) is 8.34. The lowest BCUT2D eigenvalue weighted by Gasteiger charge is -2.04. The van der Waals surface area contributed by atoms with Gasteiger partial charge < -0.3 is 4.74 Å². The Bertz CT molecular complexity index is 325. The lowest BCUT2D eigenvalue weighted by atomic mass is 10.1. The van der Waals surface area contributed by atoms with E-state index in [1.807, 2.05) is 0 Å². The maximum atomic E-state index is 5.51. The van der Waals surface area contributed by atoms with Crippen molar-refractivity contribution in [3.8, 4) is 5.88 Å². The fraction of sp³-hybridized carbons (Fsp3) is 0.692. The van der Waals surface area contributed by atoms with Crippen molar-refractivity contribution >= 4 is 15.9 Å². The van der Waals surface area contributed by atoms with Crippen molar-refractivity contribution in [1.82, 2.24) is 9.97 Å². The maximum absolute atomic E-state index is 5.51. The summed E-state index contributed by atoms with van der Waals surface area (Å²) < 4.78 is 6.25. The summed E-state index contributed by atoms with van der Waals surface area (Å²) in [5.74, 6) is 1.69. The fourth-order valence-corrected chi connectivity index (χ4v) is 2.05. The van der Waals surface area contributed by atoms with Crippen LogP contribution in [0.25, 0.3) is 0 Å². The van der Waals surface area contributed by atoms with E-state index in [9.17, 15) is 0 Å². The van der Waals surface area contributed by atoms with Gasteiger partial charge in [0.25, 0.3) is 0 Å². The van der Waals surface area contributed by atoms with Crippen molar-refractivity contribution in [1.29, 1.82) is 0 Å². The zero-order chi connectivity index (χ0) is 11.9. The fourth-order valence-electron chi connectivity index (χ4n) is 1.85. The van der Waals surface area contributed by atoms with Crippen molar-refractivity contribution in [3.63, 3.8) is 0 Å². The number of halogens is 1. The van der Waals surface area contributed by atoms with Gasteiger partial charge in [-0.25, -0.2) is 9.97 Å². The number of aromatic nitrogens is 2. The SMILES string of the molecule is Brc1cnc(OCCCCCCC2CC2)cn1. The molecule has 0 unspecified atom stereocenters. The van der Waals surface area contributed by atoms with E-state index in [4.69, 9.17) is 4.74 Å². The molecule has 0 aliphatic heterocycles. The summed E-state index contributed by atoms with van der Waals surface area (Å²) in [7, 11) is 0. The summed E-state index contributed by atoms with van der Waals surface area (Å²) in [5.41, 5.74) is 0. The normalized spacial score (nSPS) is 14.9. The molecule has 0 amide bonds. The van der Waals surface area contributed by atoms with Crippen LogP contribution in [-0.2, 0) is 0 Å². The number of unbranched alkanes of at least 4 members (excludes halogenated alkanes) is 3. The molecule has 2 rings (SSSR count). The molecule has 0 saturated heterocycles. The van der Waals surface area contributed by atoms with E-state index < -0.39 is 0 Å². The minimum Gasteiger partial charge on any atom is -0.477 e. The van der Waals surface area contributed by atoms with Crippen LogP contribution in [0.1, 0.15) is 44.9 Å². The van der Waals surface area contributed by atoms with Gasteiger partial charge in [0.05, 0.1) is 19.0 Å². The van der Waals surface area contributed by atoms with Gasteiger partial charge in [-0.2, -0.15) is 0 Å². The van der Waals surface area contributed by atoms with E-state index >= 15 is 0 Å². The predicted octanol–water partition coefficient (Wildman–Crippen LogP) is 3.98. The number of nitrogens with zero attached hydrogens (tertiary/aromatic N) is 2. The van der Waals surface area contributed by atoms with Crippen LogP contribution in [0.3, 0.4) is 0 Å². The monoisotopic (exact) mass is 298 g/mol. The van der Waals surface area contributed by atoms with Gasteiger partial charge in [0.15, 0.2) is 0 Å². The molecule has 1 saturated carbocycles. The molecule has 1 aliphatic rings. The predicted molar refractivity (Wildman–Crippen MR) is 71.0 cm³/mol. The maximum Gasteiger partial charge on any atom is 0.232 e. The molecule has 0 aromatic carbocycles. The van der Waals surface area contributed by atoms with Crippen LogP contribution in [0, 0.1) is 5.92 Å². The van der Waals surface area contributed by atoms with Crippen LogP contribution in [0.5, 0.6) is 5.88 Å². The summed E-state index contributed by atoms with van der Waals surface area (Å²) in [4.78, 5) is 8.18. The number of ether oxygens (including phenoxy) is 1. The second-order valence-electron chi connectivity index (χ2n) is 4.67. The number of rotatable bonds is 8. The minimum absolute atomic E-state index is 0.617. The Hall–Kier alpha value is -0.640. The quantitative estimate of drug-likeness (QED) is 0.681. The van der Waals surface area contributed by atoms with E-state index in [1.165, 1.54) is 38.5 Å². The molecule has 1 heterocycles. The van der Waals surface area contributed by atoms with Gasteiger partial charge in [0.2, 0.25) is 5.88 Å². The molecule has 1 aromatic rings. The molecular weight excluding hydrogens is 280 g/mol. The van der Waals surface area contributed by atoms with Crippen LogP contribution in [0.2, 0.25) is 0 Å². The summed E-state index contributed by atoms with van der Waals surface area (Å²) in [6.45, 7) is 0.750. The van der Waals surface area contributed by atoms with Gasteiger partial charge >= 0.3 is 0 Å². The van der Waals surface area contributed by atoms with E-state index in [-0.39, 0.29) is 0 Å². The third kappa shape index (κ3) is 5.48. The van der Waals surface area contributed by atoms with Crippen molar-refractivity contribution in [2.75, 3.05) is 6.61 Å². The molecule has 1 aliphatic carbocycles. The van der Waals surface area contributed by atoms with Crippen molar-refractivity contribution in [2.45, 2.75) is 44.9 Å². The van der Waals surface area contributed by atoms with E-state index in [1.54, 1.807) is 12.4 Å². The smallest absolute Gasteiger partial charge is 0.232 e. The Morgan fingerprint density at radius 2 is 1.94 bits per heavy atom. The third-order valence-corrected chi connectivity index (χ3v) is 3.46. The first-order valence-corrected chi connectivity index (χ1v) is 7.24. The van der Waals surface area contributed by atoms with E-state index in [0.717, 1.165) is 23.5 Å². The summed E-state index contributed by atoms with van der Waals surface area (Å²) in [5, 5.41) is 0. The average Bonchev–Trinajstić information content (AvgIpc) is 3.14. The Kier molecular flexibility index (Phi) is 5.23. The second kappa shape index (κ2) is 6.94. The number of hydrogen-bond acceptors (Lipinski definition) is 3. The highest BCUT2D eigenvalue weighted by molar-refractivity contribution is 9.10. The lowest BCUT2D eigenvalue weighted by molar-refractivity contribution is 0.291. The molecule has 94 valence electrons. The van der Waals surface area contributed by atoms with Gasteiger partial charge in [-0.15, -0.1) is 0 Å².